The van der Waals surface area contributed by atoms with Crippen LogP contribution in [-0.2, 0) is 0 Å². The molecule has 1 aromatic carbocycles. The Morgan fingerprint density at radius 3 is 2.95 bits per heavy atom. The van der Waals surface area contributed by atoms with Gasteiger partial charge in [-0.15, -0.1) is 12.4 Å². The average molecular weight is 295 g/mol. The molecule has 4 nitrogen and oxygen atoms in total. The van der Waals surface area contributed by atoms with Gasteiger partial charge < -0.3 is 15.0 Å². The molecule has 4 rings (SSSR count). The van der Waals surface area contributed by atoms with Crippen LogP contribution in [0.25, 0.3) is 0 Å². The summed E-state index contributed by atoms with van der Waals surface area (Å²) in [7, 11) is 0. The van der Waals surface area contributed by atoms with E-state index in [4.69, 9.17) is 4.74 Å². The maximum atomic E-state index is 12.8. The fraction of sp³-hybridized carbons (Fsp3) is 0.533. The number of nitrogens with one attached hydrogen (secondary N) is 1. The second-order valence-corrected chi connectivity index (χ2v) is 5.66. The van der Waals surface area contributed by atoms with Crippen LogP contribution in [0.4, 0.5) is 0 Å². The molecule has 0 bridgehead atoms. The summed E-state index contributed by atoms with van der Waals surface area (Å²) in [6.45, 7) is 3.09. The molecule has 0 spiro atoms. The fourth-order valence-electron chi connectivity index (χ4n) is 3.14. The number of carbonyl (C=O) groups excluding carboxylic acids is 1. The average Bonchev–Trinajstić information content (AvgIpc) is 3.28. The van der Waals surface area contributed by atoms with Gasteiger partial charge in [0.15, 0.2) is 0 Å². The number of halogens is 1. The van der Waals surface area contributed by atoms with Crippen molar-refractivity contribution in [2.24, 2.45) is 0 Å². The van der Waals surface area contributed by atoms with Crippen molar-refractivity contribution in [1.29, 1.82) is 0 Å². The Hall–Kier alpha value is -1.26. The van der Waals surface area contributed by atoms with Gasteiger partial charge in [-0.25, -0.2) is 0 Å². The molecule has 1 amide bonds. The molecule has 108 valence electrons. The topological polar surface area (TPSA) is 41.6 Å². The Balaban J connectivity index is 0.00000121. The fourth-order valence-corrected chi connectivity index (χ4v) is 3.14. The lowest BCUT2D eigenvalue weighted by molar-refractivity contribution is 0.0605. The third-order valence-corrected chi connectivity index (χ3v) is 4.33. The molecule has 1 unspecified atom stereocenters. The number of fused-ring (bicyclic) bond motifs is 2. The number of hydrogen-bond acceptors (Lipinski definition) is 3. The monoisotopic (exact) mass is 294 g/mol. The standard InChI is InChI=1S/C15H18N2O2.ClH/c18-15-14-12(10-4-5-10)2-1-3-13(14)19-9-11-8-16-6-7-17(11)15;/h1-3,10-11,16H,4-9H2;1H. The van der Waals surface area contributed by atoms with Crippen molar-refractivity contribution in [3.63, 3.8) is 0 Å². The van der Waals surface area contributed by atoms with E-state index in [1.165, 1.54) is 18.4 Å². The molecule has 2 fully saturated rings. The lowest BCUT2D eigenvalue weighted by Crippen LogP contribution is -2.54. The van der Waals surface area contributed by atoms with Crippen LogP contribution in [0, 0.1) is 0 Å². The highest BCUT2D eigenvalue weighted by atomic mass is 35.5. The van der Waals surface area contributed by atoms with E-state index in [1.807, 2.05) is 17.0 Å². The highest BCUT2D eigenvalue weighted by Gasteiger charge is 2.37. The molecule has 20 heavy (non-hydrogen) atoms. The molecular formula is C15H19ClN2O2. The summed E-state index contributed by atoms with van der Waals surface area (Å²) in [4.78, 5) is 14.8. The minimum absolute atomic E-state index is 0. The van der Waals surface area contributed by atoms with Crippen LogP contribution in [0.1, 0.15) is 34.7 Å². The van der Waals surface area contributed by atoms with Crippen LogP contribution in [0.5, 0.6) is 5.75 Å². The van der Waals surface area contributed by atoms with Gasteiger partial charge in [-0.05, 0) is 30.4 Å². The van der Waals surface area contributed by atoms with Gasteiger partial charge in [-0.1, -0.05) is 12.1 Å². The van der Waals surface area contributed by atoms with Crippen molar-refractivity contribution >= 4 is 18.3 Å². The zero-order valence-electron chi connectivity index (χ0n) is 11.3. The molecule has 3 aliphatic rings. The quantitative estimate of drug-likeness (QED) is 0.859. The van der Waals surface area contributed by atoms with Crippen molar-refractivity contribution in [3.05, 3.63) is 29.3 Å². The van der Waals surface area contributed by atoms with Gasteiger partial charge in [-0.2, -0.15) is 0 Å². The second-order valence-electron chi connectivity index (χ2n) is 5.66. The van der Waals surface area contributed by atoms with E-state index < -0.39 is 0 Å². The van der Waals surface area contributed by atoms with Crippen LogP contribution in [0.3, 0.4) is 0 Å². The first-order chi connectivity index (χ1) is 9.34. The number of hydrogen-bond donors (Lipinski definition) is 1. The summed E-state index contributed by atoms with van der Waals surface area (Å²) in [5.41, 5.74) is 2.02. The SMILES string of the molecule is Cl.O=C1c2c(cccc2C2CC2)OCC2CNCCN12. The predicted octanol–water partition coefficient (Wildman–Crippen LogP) is 1.79. The molecule has 1 aliphatic carbocycles. The molecule has 1 N–H and O–H groups in total. The number of carbonyl (C=O) groups is 1. The van der Waals surface area contributed by atoms with Crippen molar-refractivity contribution in [1.82, 2.24) is 10.2 Å². The Bertz CT molecular complexity index is 531. The highest BCUT2D eigenvalue weighted by molar-refractivity contribution is 5.99. The van der Waals surface area contributed by atoms with Crippen LogP contribution in [0.2, 0.25) is 0 Å². The number of piperazine rings is 1. The lowest BCUT2D eigenvalue weighted by atomic mass is 10.0. The van der Waals surface area contributed by atoms with Gasteiger partial charge in [0, 0.05) is 19.6 Å². The minimum Gasteiger partial charge on any atom is -0.491 e. The maximum absolute atomic E-state index is 12.8. The van der Waals surface area contributed by atoms with E-state index >= 15 is 0 Å². The first-order valence-electron chi connectivity index (χ1n) is 7.12. The van der Waals surface area contributed by atoms with Crippen molar-refractivity contribution in [2.75, 3.05) is 26.2 Å². The largest absolute Gasteiger partial charge is 0.491 e. The van der Waals surface area contributed by atoms with E-state index in [0.29, 0.717) is 12.5 Å². The number of amides is 1. The summed E-state index contributed by atoms with van der Waals surface area (Å²) >= 11 is 0. The number of rotatable bonds is 1. The van der Waals surface area contributed by atoms with Gasteiger partial charge in [0.2, 0.25) is 0 Å². The first-order valence-corrected chi connectivity index (χ1v) is 7.12. The van der Waals surface area contributed by atoms with E-state index in [-0.39, 0.29) is 24.4 Å². The van der Waals surface area contributed by atoms with Crippen LogP contribution in [-0.4, -0.2) is 43.1 Å². The smallest absolute Gasteiger partial charge is 0.258 e. The third kappa shape index (κ3) is 2.17. The number of benzene rings is 1. The van der Waals surface area contributed by atoms with Crippen LogP contribution >= 0.6 is 12.4 Å². The second kappa shape index (κ2) is 5.26. The van der Waals surface area contributed by atoms with Gasteiger partial charge in [0.25, 0.3) is 5.91 Å². The van der Waals surface area contributed by atoms with Crippen LogP contribution < -0.4 is 10.1 Å². The van der Waals surface area contributed by atoms with Gasteiger partial charge in [0.1, 0.15) is 12.4 Å². The Kier molecular flexibility index (Phi) is 3.61. The molecule has 1 saturated heterocycles. The molecule has 2 aliphatic heterocycles. The van der Waals surface area contributed by atoms with Crippen molar-refractivity contribution in [2.45, 2.75) is 24.8 Å². The normalized spacial score (nSPS) is 24.9. The van der Waals surface area contributed by atoms with E-state index in [2.05, 4.69) is 11.4 Å². The van der Waals surface area contributed by atoms with Crippen molar-refractivity contribution < 1.29 is 9.53 Å². The molecule has 0 radical (unpaired) electrons. The van der Waals surface area contributed by atoms with Gasteiger partial charge in [0.05, 0.1) is 11.6 Å². The maximum Gasteiger partial charge on any atom is 0.258 e. The number of ether oxygens (including phenoxy) is 1. The molecular weight excluding hydrogens is 276 g/mol. The highest BCUT2D eigenvalue weighted by Crippen LogP contribution is 2.44. The Morgan fingerprint density at radius 2 is 2.15 bits per heavy atom. The third-order valence-electron chi connectivity index (χ3n) is 4.33. The van der Waals surface area contributed by atoms with Crippen molar-refractivity contribution in [3.8, 4) is 5.75 Å². The number of nitrogens with zero attached hydrogens (tertiary/aromatic N) is 1. The summed E-state index contributed by atoms with van der Waals surface area (Å²) < 4.78 is 5.90. The summed E-state index contributed by atoms with van der Waals surface area (Å²) in [5.74, 6) is 1.52. The predicted molar refractivity (Wildman–Crippen MR) is 78.9 cm³/mol. The molecule has 2 heterocycles. The summed E-state index contributed by atoms with van der Waals surface area (Å²) in [5, 5.41) is 3.33. The Morgan fingerprint density at radius 1 is 1.30 bits per heavy atom. The molecule has 1 saturated carbocycles. The first kappa shape index (κ1) is 13.7. The lowest BCUT2D eigenvalue weighted by Gasteiger charge is -2.34. The van der Waals surface area contributed by atoms with Crippen LogP contribution in [0.15, 0.2) is 18.2 Å². The van der Waals surface area contributed by atoms with E-state index in [9.17, 15) is 4.79 Å². The zero-order chi connectivity index (χ0) is 12.8. The molecule has 0 aromatic heterocycles. The van der Waals surface area contributed by atoms with Gasteiger partial charge >= 0.3 is 0 Å². The summed E-state index contributed by atoms with van der Waals surface area (Å²) in [6.07, 6.45) is 2.41. The zero-order valence-corrected chi connectivity index (χ0v) is 12.1. The summed E-state index contributed by atoms with van der Waals surface area (Å²) in [6, 6.07) is 6.22. The Labute approximate surface area is 124 Å². The molecule has 1 aromatic rings. The molecule has 1 atom stereocenters. The van der Waals surface area contributed by atoms with E-state index in [0.717, 1.165) is 30.9 Å². The van der Waals surface area contributed by atoms with E-state index in [1.54, 1.807) is 0 Å². The van der Waals surface area contributed by atoms with Gasteiger partial charge in [-0.3, -0.25) is 4.79 Å². The minimum atomic E-state index is 0. The molecule has 5 heteroatoms.